The molecule has 0 heterocycles. The molecule has 0 fully saturated rings. The fraction of sp³-hybridized carbons (Fsp3) is 0.148. The predicted octanol–water partition coefficient (Wildman–Crippen LogP) is 8.32. The number of halogens is 1. The zero-order chi connectivity index (χ0) is 22.1. The van der Waals surface area contributed by atoms with Gasteiger partial charge in [-0.25, -0.2) is 0 Å². The molecular weight excluding hydrogens is 424 g/mol. The van der Waals surface area contributed by atoms with Crippen molar-refractivity contribution in [2.75, 3.05) is 0 Å². The smallest absolute Gasteiger partial charge is 0.150 e. The van der Waals surface area contributed by atoms with Crippen LogP contribution in [-0.2, 0) is 0 Å². The van der Waals surface area contributed by atoms with Crippen molar-refractivity contribution in [3.63, 3.8) is 0 Å². The van der Waals surface area contributed by atoms with E-state index < -0.39 is 10.3 Å². The summed E-state index contributed by atoms with van der Waals surface area (Å²) in [5.41, 5.74) is 0.563. The van der Waals surface area contributed by atoms with Gasteiger partial charge in [0.1, 0.15) is 12.0 Å². The molecule has 158 valence electrons. The highest BCUT2D eigenvalue weighted by molar-refractivity contribution is 8.31. The Morgan fingerprint density at radius 1 is 0.806 bits per heavy atom. The quantitative estimate of drug-likeness (QED) is 0.287. The van der Waals surface area contributed by atoms with Gasteiger partial charge in [0.15, 0.2) is 0 Å². The lowest BCUT2D eigenvalue weighted by Crippen LogP contribution is -2.30. The predicted molar refractivity (Wildman–Crippen MR) is 132 cm³/mol. The molecule has 4 heteroatoms. The van der Waals surface area contributed by atoms with Gasteiger partial charge in [-0.3, -0.25) is 4.79 Å². The van der Waals surface area contributed by atoms with Crippen LogP contribution in [0.1, 0.15) is 31.1 Å². The van der Waals surface area contributed by atoms with E-state index in [1.165, 1.54) is 0 Å². The molecule has 2 nitrogen and oxygen atoms in total. The SMILES string of the molecule is CC(C)(C)S(Oc1cc(C=O)cc2cc(Cl)ccc12)(c1ccccc1)c1ccccc1. The van der Waals surface area contributed by atoms with Crippen molar-refractivity contribution in [1.82, 2.24) is 0 Å². The van der Waals surface area contributed by atoms with Crippen molar-refractivity contribution in [3.8, 4) is 5.75 Å². The second kappa shape index (κ2) is 8.41. The number of benzene rings is 4. The van der Waals surface area contributed by atoms with Crippen LogP contribution in [0.5, 0.6) is 5.75 Å². The molecule has 0 aliphatic rings. The van der Waals surface area contributed by atoms with Gasteiger partial charge < -0.3 is 4.18 Å². The first-order valence-electron chi connectivity index (χ1n) is 10.2. The van der Waals surface area contributed by atoms with Crippen molar-refractivity contribution in [2.45, 2.75) is 35.3 Å². The largest absolute Gasteiger partial charge is 0.439 e. The molecule has 0 bridgehead atoms. The van der Waals surface area contributed by atoms with E-state index in [9.17, 15) is 4.79 Å². The van der Waals surface area contributed by atoms with E-state index in [-0.39, 0.29) is 4.75 Å². The number of fused-ring (bicyclic) bond motifs is 1. The Kier molecular flexibility index (Phi) is 5.83. The van der Waals surface area contributed by atoms with Crippen LogP contribution in [-0.4, -0.2) is 11.0 Å². The van der Waals surface area contributed by atoms with E-state index in [4.69, 9.17) is 15.8 Å². The molecule has 0 aliphatic carbocycles. The maximum absolute atomic E-state index is 11.7. The van der Waals surface area contributed by atoms with Gasteiger partial charge in [0.2, 0.25) is 0 Å². The summed E-state index contributed by atoms with van der Waals surface area (Å²) in [6, 6.07) is 30.2. The number of carbonyl (C=O) groups is 1. The molecule has 0 unspecified atom stereocenters. The monoisotopic (exact) mass is 448 g/mol. The number of hydrogen-bond acceptors (Lipinski definition) is 2. The average Bonchev–Trinajstić information content (AvgIpc) is 2.77. The Balaban J connectivity index is 2.04. The molecule has 0 aromatic heterocycles. The zero-order valence-electron chi connectivity index (χ0n) is 17.8. The molecule has 0 aliphatic heterocycles. The van der Waals surface area contributed by atoms with E-state index in [1.807, 2.05) is 42.5 Å². The van der Waals surface area contributed by atoms with Crippen LogP contribution in [0.15, 0.2) is 101 Å². The Bertz CT molecular complexity index is 1180. The second-order valence-corrected chi connectivity index (χ2v) is 12.3. The highest BCUT2D eigenvalue weighted by Gasteiger charge is 2.43. The zero-order valence-corrected chi connectivity index (χ0v) is 19.4. The molecule has 0 N–H and O–H groups in total. The third-order valence-electron chi connectivity index (χ3n) is 5.26. The van der Waals surface area contributed by atoms with Crippen molar-refractivity contribution < 1.29 is 8.98 Å². The van der Waals surface area contributed by atoms with E-state index in [0.717, 1.165) is 26.8 Å². The van der Waals surface area contributed by atoms with Gasteiger partial charge in [0.25, 0.3) is 0 Å². The maximum Gasteiger partial charge on any atom is 0.150 e. The molecule has 0 saturated carbocycles. The van der Waals surface area contributed by atoms with Gasteiger partial charge in [-0.1, -0.05) is 48.0 Å². The fourth-order valence-electron chi connectivity index (χ4n) is 3.89. The van der Waals surface area contributed by atoms with Crippen molar-refractivity contribution >= 4 is 39.0 Å². The number of aldehydes is 1. The number of carbonyl (C=O) groups excluding carboxylic acids is 1. The summed E-state index contributed by atoms with van der Waals surface area (Å²) in [4.78, 5) is 14.0. The van der Waals surface area contributed by atoms with E-state index in [0.29, 0.717) is 16.3 Å². The van der Waals surface area contributed by atoms with Crippen LogP contribution in [0, 0.1) is 0 Å². The van der Waals surface area contributed by atoms with Crippen LogP contribution in [0.25, 0.3) is 10.8 Å². The lowest BCUT2D eigenvalue weighted by Gasteiger charge is -2.50. The first-order valence-corrected chi connectivity index (χ1v) is 12.1. The second-order valence-electron chi connectivity index (χ2n) is 8.38. The van der Waals surface area contributed by atoms with Crippen molar-refractivity contribution in [1.29, 1.82) is 0 Å². The summed E-state index contributed by atoms with van der Waals surface area (Å²) in [7, 11) is -2.00. The number of hydrogen-bond donors (Lipinski definition) is 0. The third kappa shape index (κ3) is 3.96. The summed E-state index contributed by atoms with van der Waals surface area (Å²) in [6.45, 7) is 6.64. The van der Waals surface area contributed by atoms with Gasteiger partial charge in [0.05, 0.1) is 0 Å². The van der Waals surface area contributed by atoms with Gasteiger partial charge in [-0.15, -0.1) is 0 Å². The lowest BCUT2D eigenvalue weighted by atomic mass is 10.1. The van der Waals surface area contributed by atoms with Gasteiger partial charge in [0, 0.05) is 30.5 Å². The van der Waals surface area contributed by atoms with E-state index in [2.05, 4.69) is 69.3 Å². The summed E-state index contributed by atoms with van der Waals surface area (Å²) in [5.74, 6) is 0.689. The van der Waals surface area contributed by atoms with Crippen LogP contribution >= 0.6 is 21.9 Å². The molecule has 4 aromatic carbocycles. The Morgan fingerprint density at radius 3 is 1.90 bits per heavy atom. The standard InChI is InChI=1S/C27H25ClO2S/c1-27(2,3)31(23-10-6-4-7-11-23,24-12-8-5-9-13-24)30-26-17-20(19-29)16-21-18-22(28)14-15-25(21)26/h4-19H,1-3H3. The average molecular weight is 449 g/mol. The van der Waals surface area contributed by atoms with Crippen molar-refractivity contribution in [2.24, 2.45) is 0 Å². The molecule has 0 radical (unpaired) electrons. The normalized spacial score (nSPS) is 12.5. The van der Waals surface area contributed by atoms with Crippen LogP contribution in [0.4, 0.5) is 0 Å². The fourth-order valence-corrected chi connectivity index (χ4v) is 7.69. The summed E-state index contributed by atoms with van der Waals surface area (Å²) in [6.07, 6.45) is 0.854. The first kappa shape index (κ1) is 21.5. The highest BCUT2D eigenvalue weighted by atomic mass is 35.5. The minimum absolute atomic E-state index is 0.231. The van der Waals surface area contributed by atoms with Crippen LogP contribution in [0.3, 0.4) is 0 Å². The molecule has 31 heavy (non-hydrogen) atoms. The third-order valence-corrected chi connectivity index (χ3v) is 9.52. The lowest BCUT2D eigenvalue weighted by molar-refractivity contribution is 0.112. The molecule has 0 amide bonds. The van der Waals surface area contributed by atoms with Gasteiger partial charge >= 0.3 is 0 Å². The summed E-state index contributed by atoms with van der Waals surface area (Å²) in [5, 5.41) is 2.44. The maximum atomic E-state index is 11.7. The molecule has 4 aromatic rings. The van der Waals surface area contributed by atoms with E-state index >= 15 is 0 Å². The van der Waals surface area contributed by atoms with Crippen molar-refractivity contribution in [3.05, 3.63) is 102 Å². The first-order chi connectivity index (χ1) is 14.8. The van der Waals surface area contributed by atoms with Gasteiger partial charge in [-0.05, 0) is 91.1 Å². The summed E-state index contributed by atoms with van der Waals surface area (Å²) < 4.78 is 6.89. The molecular formula is C27H25ClO2S. The van der Waals surface area contributed by atoms with Crippen LogP contribution in [0.2, 0.25) is 5.02 Å². The van der Waals surface area contributed by atoms with Gasteiger partial charge in [-0.2, -0.15) is 0 Å². The topological polar surface area (TPSA) is 26.3 Å². The van der Waals surface area contributed by atoms with E-state index in [1.54, 1.807) is 0 Å². The minimum atomic E-state index is -2.00. The summed E-state index contributed by atoms with van der Waals surface area (Å²) >= 11 is 6.24. The molecule has 0 spiro atoms. The Labute approximate surface area is 190 Å². The minimum Gasteiger partial charge on any atom is -0.439 e. The van der Waals surface area contributed by atoms with Crippen LogP contribution < -0.4 is 4.18 Å². The Hall–Kier alpha value is -2.75. The highest BCUT2D eigenvalue weighted by Crippen LogP contribution is 2.70. The molecule has 0 atom stereocenters. The Morgan fingerprint density at radius 2 is 1.39 bits per heavy atom. The number of rotatable bonds is 5. The molecule has 4 rings (SSSR count). The molecule has 0 saturated heterocycles.